The number of amides is 1. The highest BCUT2D eigenvalue weighted by atomic mass is 35.5. The number of nitrogens with one attached hydrogen (secondary N) is 1. The third kappa shape index (κ3) is 4.25. The highest BCUT2D eigenvalue weighted by molar-refractivity contribution is 6.30. The molecule has 0 spiro atoms. The van der Waals surface area contributed by atoms with Crippen molar-refractivity contribution in [1.29, 1.82) is 0 Å². The van der Waals surface area contributed by atoms with Crippen molar-refractivity contribution < 1.29 is 4.79 Å². The van der Waals surface area contributed by atoms with E-state index in [1.807, 2.05) is 33.0 Å². The zero-order chi connectivity index (χ0) is 19.6. The number of nitrogens with zero attached hydrogens (tertiary/aromatic N) is 4. The number of carbonyl (C=O) groups is 1. The third-order valence-corrected chi connectivity index (χ3v) is 4.54. The van der Waals surface area contributed by atoms with E-state index in [0.717, 1.165) is 27.2 Å². The van der Waals surface area contributed by atoms with Crippen molar-refractivity contribution in [2.45, 2.75) is 26.9 Å². The predicted molar refractivity (Wildman–Crippen MR) is 103 cm³/mol. The first kappa shape index (κ1) is 18.8. The van der Waals surface area contributed by atoms with E-state index in [-0.39, 0.29) is 18.0 Å². The first-order valence-corrected chi connectivity index (χ1v) is 8.83. The second kappa shape index (κ2) is 7.75. The van der Waals surface area contributed by atoms with Crippen molar-refractivity contribution in [3.05, 3.63) is 68.7 Å². The molecule has 0 fully saturated rings. The van der Waals surface area contributed by atoms with Crippen molar-refractivity contribution in [2.75, 3.05) is 0 Å². The third-order valence-electron chi connectivity index (χ3n) is 4.30. The molecule has 1 aromatic carbocycles. The van der Waals surface area contributed by atoms with E-state index >= 15 is 0 Å². The standard InChI is InChI=1S/C19H20ClN5O2/c1-12-19(13(2)24(3)22-12)16-7-8-18(27)25(23-16)11-17(26)21-10-14-5-4-6-15(20)9-14/h4-9H,10-11H2,1-3H3,(H,21,26). The molecule has 8 heteroatoms. The lowest BCUT2D eigenvalue weighted by atomic mass is 10.1. The zero-order valence-electron chi connectivity index (χ0n) is 15.4. The maximum atomic E-state index is 12.2. The highest BCUT2D eigenvalue weighted by Gasteiger charge is 2.15. The maximum absolute atomic E-state index is 12.2. The molecule has 0 atom stereocenters. The van der Waals surface area contributed by atoms with Gasteiger partial charge in [0.15, 0.2) is 0 Å². The smallest absolute Gasteiger partial charge is 0.267 e. The van der Waals surface area contributed by atoms with Gasteiger partial charge in [-0.2, -0.15) is 10.2 Å². The minimum Gasteiger partial charge on any atom is -0.350 e. The molecule has 2 heterocycles. The van der Waals surface area contributed by atoms with Crippen LogP contribution in [0.5, 0.6) is 0 Å². The van der Waals surface area contributed by atoms with E-state index in [1.165, 1.54) is 6.07 Å². The fourth-order valence-corrected chi connectivity index (χ4v) is 3.09. The first-order chi connectivity index (χ1) is 12.8. The van der Waals surface area contributed by atoms with Crippen LogP contribution in [0.2, 0.25) is 5.02 Å². The number of aryl methyl sites for hydroxylation is 2. The van der Waals surface area contributed by atoms with Crippen LogP contribution in [0.25, 0.3) is 11.3 Å². The summed E-state index contributed by atoms with van der Waals surface area (Å²) in [5.74, 6) is -0.304. The van der Waals surface area contributed by atoms with Gasteiger partial charge >= 0.3 is 0 Å². The molecule has 140 valence electrons. The van der Waals surface area contributed by atoms with Crippen molar-refractivity contribution in [3.63, 3.8) is 0 Å². The zero-order valence-corrected chi connectivity index (χ0v) is 16.1. The van der Waals surface area contributed by atoms with Gasteiger partial charge in [-0.15, -0.1) is 0 Å². The summed E-state index contributed by atoms with van der Waals surface area (Å²) in [4.78, 5) is 24.4. The topological polar surface area (TPSA) is 81.8 Å². The highest BCUT2D eigenvalue weighted by Crippen LogP contribution is 2.23. The minimum absolute atomic E-state index is 0.161. The van der Waals surface area contributed by atoms with Gasteiger partial charge in [-0.05, 0) is 37.6 Å². The Morgan fingerprint density at radius 3 is 2.63 bits per heavy atom. The van der Waals surface area contributed by atoms with Crippen molar-refractivity contribution >= 4 is 17.5 Å². The molecule has 3 aromatic rings. The molecule has 0 bridgehead atoms. The summed E-state index contributed by atoms with van der Waals surface area (Å²) in [6, 6.07) is 10.3. The molecule has 0 unspecified atom stereocenters. The van der Waals surface area contributed by atoms with E-state index < -0.39 is 0 Å². The number of rotatable bonds is 5. The lowest BCUT2D eigenvalue weighted by Gasteiger charge is -2.09. The van der Waals surface area contributed by atoms with Crippen LogP contribution in [-0.2, 0) is 24.9 Å². The van der Waals surface area contributed by atoms with Gasteiger partial charge in [0.2, 0.25) is 5.91 Å². The van der Waals surface area contributed by atoms with Gasteiger partial charge in [-0.1, -0.05) is 23.7 Å². The average molecular weight is 386 g/mol. The van der Waals surface area contributed by atoms with Gasteiger partial charge in [0, 0.05) is 35.9 Å². The van der Waals surface area contributed by atoms with Crippen LogP contribution in [-0.4, -0.2) is 25.5 Å². The monoisotopic (exact) mass is 385 g/mol. The summed E-state index contributed by atoms with van der Waals surface area (Å²) < 4.78 is 2.92. The lowest BCUT2D eigenvalue weighted by Crippen LogP contribution is -2.33. The Hall–Kier alpha value is -2.93. The van der Waals surface area contributed by atoms with E-state index in [9.17, 15) is 9.59 Å². The number of benzene rings is 1. The second-order valence-electron chi connectivity index (χ2n) is 6.29. The average Bonchev–Trinajstić information content (AvgIpc) is 2.87. The Morgan fingerprint density at radius 1 is 1.19 bits per heavy atom. The van der Waals surface area contributed by atoms with Crippen LogP contribution in [0, 0.1) is 13.8 Å². The number of carbonyl (C=O) groups excluding carboxylic acids is 1. The van der Waals surface area contributed by atoms with Crippen LogP contribution in [0.15, 0.2) is 41.2 Å². The van der Waals surface area contributed by atoms with Crippen LogP contribution >= 0.6 is 11.6 Å². The summed E-state index contributed by atoms with van der Waals surface area (Å²) >= 11 is 5.94. The molecule has 0 aliphatic heterocycles. The number of halogens is 1. The minimum atomic E-state index is -0.337. The molecule has 0 saturated carbocycles. The molecule has 0 aliphatic carbocycles. The van der Waals surface area contributed by atoms with Crippen LogP contribution in [0.3, 0.4) is 0 Å². The van der Waals surface area contributed by atoms with Gasteiger partial charge < -0.3 is 5.32 Å². The summed E-state index contributed by atoms with van der Waals surface area (Å²) in [5, 5.41) is 12.1. The number of aromatic nitrogens is 4. The molecule has 1 amide bonds. The van der Waals surface area contributed by atoms with E-state index in [1.54, 1.807) is 22.9 Å². The Bertz CT molecular complexity index is 1050. The fourth-order valence-electron chi connectivity index (χ4n) is 2.88. The van der Waals surface area contributed by atoms with Crippen LogP contribution in [0.4, 0.5) is 0 Å². The van der Waals surface area contributed by atoms with Gasteiger partial charge in [-0.25, -0.2) is 4.68 Å². The van der Waals surface area contributed by atoms with Gasteiger partial charge in [0.1, 0.15) is 6.54 Å². The molecule has 0 aliphatic rings. The predicted octanol–water partition coefficient (Wildman–Crippen LogP) is 2.23. The molecule has 27 heavy (non-hydrogen) atoms. The van der Waals surface area contributed by atoms with Gasteiger partial charge in [-0.3, -0.25) is 14.3 Å². The first-order valence-electron chi connectivity index (χ1n) is 8.45. The molecular formula is C19H20ClN5O2. The van der Waals surface area contributed by atoms with Crippen LogP contribution < -0.4 is 10.9 Å². The quantitative estimate of drug-likeness (QED) is 0.730. The Balaban J connectivity index is 1.76. The lowest BCUT2D eigenvalue weighted by molar-refractivity contribution is -0.122. The largest absolute Gasteiger partial charge is 0.350 e. The Kier molecular flexibility index (Phi) is 5.41. The van der Waals surface area contributed by atoms with Gasteiger partial charge in [0.05, 0.1) is 11.4 Å². The molecule has 2 aromatic heterocycles. The number of hydrogen-bond acceptors (Lipinski definition) is 4. The van der Waals surface area contributed by atoms with Gasteiger partial charge in [0.25, 0.3) is 5.56 Å². The summed E-state index contributed by atoms with van der Waals surface area (Å²) in [5.41, 5.74) is 3.78. The maximum Gasteiger partial charge on any atom is 0.267 e. The van der Waals surface area contributed by atoms with Crippen molar-refractivity contribution in [1.82, 2.24) is 24.9 Å². The summed E-state index contributed by atoms with van der Waals surface area (Å²) in [6.07, 6.45) is 0. The van der Waals surface area contributed by atoms with E-state index in [2.05, 4.69) is 15.5 Å². The number of hydrogen-bond donors (Lipinski definition) is 1. The van der Waals surface area contributed by atoms with Crippen molar-refractivity contribution in [2.24, 2.45) is 7.05 Å². The molecule has 0 radical (unpaired) electrons. The molecule has 3 rings (SSSR count). The van der Waals surface area contributed by atoms with E-state index in [4.69, 9.17) is 11.6 Å². The molecule has 7 nitrogen and oxygen atoms in total. The Labute approximate surface area is 161 Å². The summed E-state index contributed by atoms with van der Waals surface area (Å²) in [7, 11) is 1.85. The normalized spacial score (nSPS) is 10.8. The van der Waals surface area contributed by atoms with Crippen molar-refractivity contribution in [3.8, 4) is 11.3 Å². The SMILES string of the molecule is Cc1nn(C)c(C)c1-c1ccc(=O)n(CC(=O)NCc2cccc(Cl)c2)n1. The summed E-state index contributed by atoms with van der Waals surface area (Å²) in [6.45, 7) is 3.99. The van der Waals surface area contributed by atoms with Crippen LogP contribution in [0.1, 0.15) is 17.0 Å². The molecule has 0 saturated heterocycles. The second-order valence-corrected chi connectivity index (χ2v) is 6.73. The van der Waals surface area contributed by atoms with E-state index in [0.29, 0.717) is 17.3 Å². The fraction of sp³-hybridized carbons (Fsp3) is 0.263. The molecular weight excluding hydrogens is 366 g/mol. The Morgan fingerprint density at radius 2 is 1.96 bits per heavy atom. The molecule has 1 N–H and O–H groups in total.